The molecule has 5 heteroatoms. The number of alkyl halides is 3. The van der Waals surface area contributed by atoms with Gasteiger partial charge in [0.1, 0.15) is 11.3 Å². The minimum Gasteiger partial charge on any atom is -0.338 e. The van der Waals surface area contributed by atoms with Crippen molar-refractivity contribution >= 4 is 11.0 Å². The number of hydrogen-bond acceptors (Lipinski definition) is 1. The maximum Gasteiger partial charge on any atom is 0.418 e. The Kier molecular flexibility index (Phi) is 3.47. The van der Waals surface area contributed by atoms with Crippen LogP contribution in [0, 0.1) is 0 Å². The van der Waals surface area contributed by atoms with Crippen molar-refractivity contribution in [3.63, 3.8) is 0 Å². The minimum atomic E-state index is -4.41. The summed E-state index contributed by atoms with van der Waals surface area (Å²) in [5.41, 5.74) is 1.57. The van der Waals surface area contributed by atoms with Crippen LogP contribution in [0.1, 0.15) is 31.9 Å². The number of imidazole rings is 1. The third kappa shape index (κ3) is 2.96. The van der Waals surface area contributed by atoms with Gasteiger partial charge < -0.3 is 4.98 Å². The lowest BCUT2D eigenvalue weighted by atomic mass is 9.87. The van der Waals surface area contributed by atoms with Crippen LogP contribution in [0.4, 0.5) is 13.2 Å². The second-order valence-electron chi connectivity index (χ2n) is 6.61. The molecular weight excluding hydrogens is 301 g/mol. The molecule has 1 N–H and O–H groups in total. The van der Waals surface area contributed by atoms with Crippen LogP contribution in [-0.2, 0) is 11.6 Å². The zero-order valence-electron chi connectivity index (χ0n) is 13.1. The molecule has 0 saturated carbocycles. The van der Waals surface area contributed by atoms with E-state index in [0.717, 1.165) is 17.2 Å². The van der Waals surface area contributed by atoms with E-state index >= 15 is 0 Å². The number of halogens is 3. The smallest absolute Gasteiger partial charge is 0.338 e. The average Bonchev–Trinajstić information content (AvgIpc) is 2.89. The Morgan fingerprint density at radius 2 is 1.57 bits per heavy atom. The van der Waals surface area contributed by atoms with E-state index in [9.17, 15) is 13.2 Å². The molecular formula is C18H17F3N2. The van der Waals surface area contributed by atoms with Crippen LogP contribution in [0.2, 0.25) is 0 Å². The van der Waals surface area contributed by atoms with Crippen LogP contribution >= 0.6 is 0 Å². The largest absolute Gasteiger partial charge is 0.418 e. The molecule has 0 aliphatic heterocycles. The Bertz CT molecular complexity index is 837. The first-order chi connectivity index (χ1) is 10.7. The SMILES string of the molecule is CC(C)(C)c1ccc(-c2nc3c(C(F)(F)F)cccc3[nH]2)cc1. The normalized spacial score (nSPS) is 12.8. The highest BCUT2D eigenvalue weighted by Crippen LogP contribution is 2.35. The molecule has 1 heterocycles. The number of para-hydroxylation sites is 1. The fourth-order valence-corrected chi connectivity index (χ4v) is 2.53. The third-order valence-electron chi connectivity index (χ3n) is 3.84. The zero-order valence-corrected chi connectivity index (χ0v) is 13.1. The van der Waals surface area contributed by atoms with Gasteiger partial charge in [-0.3, -0.25) is 0 Å². The predicted molar refractivity (Wildman–Crippen MR) is 85.2 cm³/mol. The number of hydrogen-bond donors (Lipinski definition) is 1. The van der Waals surface area contributed by atoms with E-state index in [1.807, 2.05) is 24.3 Å². The van der Waals surface area contributed by atoms with Gasteiger partial charge in [-0.1, -0.05) is 51.1 Å². The third-order valence-corrected chi connectivity index (χ3v) is 3.84. The van der Waals surface area contributed by atoms with Gasteiger partial charge in [-0.2, -0.15) is 13.2 Å². The van der Waals surface area contributed by atoms with Crippen molar-refractivity contribution in [2.24, 2.45) is 0 Å². The molecule has 1 aromatic heterocycles. The predicted octanol–water partition coefficient (Wildman–Crippen LogP) is 5.55. The van der Waals surface area contributed by atoms with Crippen LogP contribution in [0.3, 0.4) is 0 Å². The topological polar surface area (TPSA) is 28.7 Å². The number of aromatic nitrogens is 2. The van der Waals surface area contributed by atoms with Crippen molar-refractivity contribution < 1.29 is 13.2 Å². The zero-order chi connectivity index (χ0) is 16.8. The summed E-state index contributed by atoms with van der Waals surface area (Å²) in [5.74, 6) is 0.442. The molecule has 3 aromatic rings. The van der Waals surface area contributed by atoms with E-state index in [-0.39, 0.29) is 10.9 Å². The lowest BCUT2D eigenvalue weighted by molar-refractivity contribution is -0.136. The highest BCUT2D eigenvalue weighted by atomic mass is 19.4. The van der Waals surface area contributed by atoms with Crippen LogP contribution < -0.4 is 0 Å². The van der Waals surface area contributed by atoms with Gasteiger partial charge in [-0.15, -0.1) is 0 Å². The van der Waals surface area contributed by atoms with Crippen molar-refractivity contribution in [2.75, 3.05) is 0 Å². The van der Waals surface area contributed by atoms with Crippen LogP contribution in [0.5, 0.6) is 0 Å². The molecule has 23 heavy (non-hydrogen) atoms. The molecule has 0 fully saturated rings. The molecule has 0 amide bonds. The average molecular weight is 318 g/mol. The van der Waals surface area contributed by atoms with E-state index in [1.165, 1.54) is 6.07 Å². The maximum absolute atomic E-state index is 13.1. The molecule has 0 bridgehead atoms. The van der Waals surface area contributed by atoms with Gasteiger partial charge in [0.25, 0.3) is 0 Å². The van der Waals surface area contributed by atoms with Crippen molar-refractivity contribution in [1.29, 1.82) is 0 Å². The highest BCUT2D eigenvalue weighted by molar-refractivity contribution is 5.82. The van der Waals surface area contributed by atoms with Gasteiger partial charge in [0.05, 0.1) is 11.1 Å². The van der Waals surface area contributed by atoms with E-state index in [4.69, 9.17) is 0 Å². The Labute approximate surface area is 132 Å². The molecule has 2 nitrogen and oxygen atoms in total. The molecule has 0 unspecified atom stereocenters. The lowest BCUT2D eigenvalue weighted by Gasteiger charge is -2.18. The van der Waals surface area contributed by atoms with Gasteiger partial charge in [-0.05, 0) is 23.1 Å². The second kappa shape index (κ2) is 5.11. The summed E-state index contributed by atoms with van der Waals surface area (Å²) < 4.78 is 39.2. The number of nitrogens with one attached hydrogen (secondary N) is 1. The molecule has 0 atom stereocenters. The van der Waals surface area contributed by atoms with Gasteiger partial charge >= 0.3 is 6.18 Å². The van der Waals surface area contributed by atoms with Gasteiger partial charge in [-0.25, -0.2) is 4.98 Å². The Morgan fingerprint density at radius 1 is 0.913 bits per heavy atom. The van der Waals surface area contributed by atoms with Crippen LogP contribution in [0.15, 0.2) is 42.5 Å². The fourth-order valence-electron chi connectivity index (χ4n) is 2.53. The maximum atomic E-state index is 13.1. The number of fused-ring (bicyclic) bond motifs is 1. The number of aromatic amines is 1. The summed E-state index contributed by atoms with van der Waals surface area (Å²) in [4.78, 5) is 7.14. The standard InChI is InChI=1S/C18H17F3N2/c1-17(2,3)12-9-7-11(8-10-12)16-22-14-6-4-5-13(15(14)23-16)18(19,20)21/h4-10H,1-3H3,(H,22,23). The van der Waals surface area contributed by atoms with E-state index < -0.39 is 11.7 Å². The molecule has 3 rings (SSSR count). The van der Waals surface area contributed by atoms with Crippen LogP contribution in [-0.4, -0.2) is 9.97 Å². The van der Waals surface area contributed by atoms with E-state index in [2.05, 4.69) is 30.7 Å². The van der Waals surface area contributed by atoms with E-state index in [1.54, 1.807) is 6.07 Å². The summed E-state index contributed by atoms with van der Waals surface area (Å²) in [7, 11) is 0. The second-order valence-corrected chi connectivity index (χ2v) is 6.61. The van der Waals surface area contributed by atoms with Gasteiger partial charge in [0, 0.05) is 5.56 Å². The Balaban J connectivity index is 2.08. The summed E-state index contributed by atoms with van der Waals surface area (Å²) in [6, 6.07) is 11.8. The molecule has 2 aromatic carbocycles. The van der Waals surface area contributed by atoms with Crippen LogP contribution in [0.25, 0.3) is 22.4 Å². The first-order valence-corrected chi connectivity index (χ1v) is 7.33. The molecule has 0 aliphatic rings. The first-order valence-electron chi connectivity index (χ1n) is 7.33. The quantitative estimate of drug-likeness (QED) is 0.626. The Morgan fingerprint density at radius 3 is 2.13 bits per heavy atom. The van der Waals surface area contributed by atoms with Crippen molar-refractivity contribution in [3.8, 4) is 11.4 Å². The van der Waals surface area contributed by atoms with E-state index in [0.29, 0.717) is 11.3 Å². The first kappa shape index (κ1) is 15.6. The molecule has 0 radical (unpaired) electrons. The number of rotatable bonds is 1. The number of benzene rings is 2. The van der Waals surface area contributed by atoms with Gasteiger partial charge in [0.2, 0.25) is 0 Å². The molecule has 120 valence electrons. The highest BCUT2D eigenvalue weighted by Gasteiger charge is 2.33. The summed E-state index contributed by atoms with van der Waals surface area (Å²) in [5, 5.41) is 0. The molecule has 0 aliphatic carbocycles. The minimum absolute atomic E-state index is 0.0237. The molecule has 0 spiro atoms. The van der Waals surface area contributed by atoms with Crippen molar-refractivity contribution in [2.45, 2.75) is 32.4 Å². The lowest BCUT2D eigenvalue weighted by Crippen LogP contribution is -2.10. The Hall–Kier alpha value is -2.30. The van der Waals surface area contributed by atoms with Crippen molar-refractivity contribution in [1.82, 2.24) is 9.97 Å². The molecule has 0 saturated heterocycles. The summed E-state index contributed by atoms with van der Waals surface area (Å²) >= 11 is 0. The number of H-pyrrole nitrogens is 1. The monoisotopic (exact) mass is 318 g/mol. The number of nitrogens with zero attached hydrogens (tertiary/aromatic N) is 1. The summed E-state index contributed by atoms with van der Waals surface area (Å²) in [6.45, 7) is 6.33. The fraction of sp³-hybridized carbons (Fsp3) is 0.278. The van der Waals surface area contributed by atoms with Gasteiger partial charge in [0.15, 0.2) is 0 Å². The summed E-state index contributed by atoms with van der Waals surface area (Å²) in [6.07, 6.45) is -4.41. The van der Waals surface area contributed by atoms with Crippen molar-refractivity contribution in [3.05, 3.63) is 53.6 Å².